The highest BCUT2D eigenvalue weighted by atomic mass is 16.5. The molecule has 1 aliphatic carbocycles. The van der Waals surface area contributed by atoms with E-state index in [1.165, 1.54) is 13.2 Å². The Bertz CT molecular complexity index is 225. The van der Waals surface area contributed by atoms with E-state index >= 15 is 0 Å². The van der Waals surface area contributed by atoms with Crippen molar-refractivity contribution in [1.82, 2.24) is 0 Å². The molecule has 0 saturated heterocycles. The van der Waals surface area contributed by atoms with Gasteiger partial charge >= 0.3 is 5.97 Å². The average Bonchev–Trinajstić information content (AvgIpc) is 2.03. The Hall–Kier alpha value is -1.25. The van der Waals surface area contributed by atoms with Gasteiger partial charge in [0.15, 0.2) is 0 Å². The number of ether oxygens (including phenoxy) is 1. The summed E-state index contributed by atoms with van der Waals surface area (Å²) in [6.07, 6.45) is 4.51. The maximum atomic E-state index is 10.9. The van der Waals surface area contributed by atoms with Crippen LogP contribution in [0.2, 0.25) is 0 Å². The van der Waals surface area contributed by atoms with Crippen molar-refractivity contribution in [2.24, 2.45) is 0 Å². The van der Waals surface area contributed by atoms with Crippen molar-refractivity contribution >= 4 is 5.97 Å². The van der Waals surface area contributed by atoms with Gasteiger partial charge in [0, 0.05) is 6.42 Å². The molecule has 1 rings (SSSR count). The number of esters is 1. The maximum absolute atomic E-state index is 10.9. The van der Waals surface area contributed by atoms with E-state index in [1.807, 2.05) is 0 Å². The van der Waals surface area contributed by atoms with E-state index < -0.39 is 5.97 Å². The van der Waals surface area contributed by atoms with E-state index in [2.05, 4.69) is 4.74 Å². The molecule has 0 aromatic heterocycles. The van der Waals surface area contributed by atoms with Crippen LogP contribution >= 0.6 is 0 Å². The summed E-state index contributed by atoms with van der Waals surface area (Å²) < 4.78 is 4.48. The zero-order valence-electron chi connectivity index (χ0n) is 6.33. The van der Waals surface area contributed by atoms with E-state index in [0.29, 0.717) is 18.4 Å². The van der Waals surface area contributed by atoms with Crippen LogP contribution in [0.15, 0.2) is 23.5 Å². The predicted octanol–water partition coefficient (Wildman–Crippen LogP) is 1.32. The summed E-state index contributed by atoms with van der Waals surface area (Å²) >= 11 is 0. The number of allylic oxidation sites excluding steroid dienone is 2. The summed E-state index contributed by atoms with van der Waals surface area (Å²) in [6.45, 7) is 0. The highest BCUT2D eigenvalue weighted by molar-refractivity contribution is 5.91. The molecule has 1 N–H and O–H groups in total. The monoisotopic (exact) mass is 154 g/mol. The molecular formula is C8H10O3. The lowest BCUT2D eigenvalue weighted by Gasteiger charge is -2.06. The molecule has 0 aromatic carbocycles. The van der Waals surface area contributed by atoms with E-state index in [9.17, 15) is 4.79 Å². The number of hydrogen-bond acceptors (Lipinski definition) is 3. The summed E-state index contributed by atoms with van der Waals surface area (Å²) in [6, 6.07) is 0. The molecular weight excluding hydrogens is 144 g/mol. The van der Waals surface area contributed by atoms with Crippen molar-refractivity contribution < 1.29 is 14.6 Å². The first kappa shape index (κ1) is 7.85. The molecule has 1 aliphatic rings. The van der Waals surface area contributed by atoms with Gasteiger partial charge < -0.3 is 9.84 Å². The first-order chi connectivity index (χ1) is 5.24. The summed E-state index contributed by atoms with van der Waals surface area (Å²) in [7, 11) is 1.32. The lowest BCUT2D eigenvalue weighted by Crippen LogP contribution is -2.05. The van der Waals surface area contributed by atoms with Crippen LogP contribution in [0.25, 0.3) is 0 Å². The average molecular weight is 154 g/mol. The molecule has 0 heterocycles. The van der Waals surface area contributed by atoms with Crippen LogP contribution in [0.5, 0.6) is 0 Å². The fourth-order valence-electron chi connectivity index (χ4n) is 0.946. The van der Waals surface area contributed by atoms with Crippen LogP contribution in [0.3, 0.4) is 0 Å². The quantitative estimate of drug-likeness (QED) is 0.579. The van der Waals surface area contributed by atoms with Crippen LogP contribution in [-0.4, -0.2) is 18.2 Å². The Kier molecular flexibility index (Phi) is 2.31. The molecule has 0 aromatic rings. The van der Waals surface area contributed by atoms with Crippen molar-refractivity contribution in [2.45, 2.75) is 12.8 Å². The van der Waals surface area contributed by atoms with Gasteiger partial charge in [-0.3, -0.25) is 0 Å². The summed E-state index contributed by atoms with van der Waals surface area (Å²) in [4.78, 5) is 10.9. The van der Waals surface area contributed by atoms with Gasteiger partial charge in [-0.05, 0) is 12.5 Å². The van der Waals surface area contributed by atoms with E-state index in [4.69, 9.17) is 5.11 Å². The minimum atomic E-state index is -0.392. The highest BCUT2D eigenvalue weighted by Gasteiger charge is 2.10. The third-order valence-electron chi connectivity index (χ3n) is 1.51. The Morgan fingerprint density at radius 1 is 1.73 bits per heavy atom. The third-order valence-corrected chi connectivity index (χ3v) is 1.51. The van der Waals surface area contributed by atoms with Crippen LogP contribution < -0.4 is 0 Å². The van der Waals surface area contributed by atoms with E-state index in [-0.39, 0.29) is 5.76 Å². The molecule has 0 atom stereocenters. The zero-order chi connectivity index (χ0) is 8.27. The largest absolute Gasteiger partial charge is 0.512 e. The minimum absolute atomic E-state index is 0.243. The Morgan fingerprint density at radius 2 is 2.45 bits per heavy atom. The predicted molar refractivity (Wildman–Crippen MR) is 40.0 cm³/mol. The highest BCUT2D eigenvalue weighted by Crippen LogP contribution is 2.15. The number of methoxy groups -OCH3 is 1. The fourth-order valence-corrected chi connectivity index (χ4v) is 0.946. The molecule has 3 nitrogen and oxygen atoms in total. The van der Waals surface area contributed by atoms with Crippen molar-refractivity contribution in [2.75, 3.05) is 7.11 Å². The second kappa shape index (κ2) is 3.23. The second-order valence-corrected chi connectivity index (χ2v) is 2.33. The van der Waals surface area contributed by atoms with Crippen LogP contribution in [0.4, 0.5) is 0 Å². The number of carbonyl (C=O) groups is 1. The zero-order valence-corrected chi connectivity index (χ0v) is 6.33. The fraction of sp³-hybridized carbons (Fsp3) is 0.375. The molecule has 0 unspecified atom stereocenters. The Labute approximate surface area is 65.0 Å². The smallest absolute Gasteiger partial charge is 0.337 e. The van der Waals surface area contributed by atoms with Crippen LogP contribution in [0.1, 0.15) is 12.8 Å². The number of aliphatic hydroxyl groups excluding tert-OH is 1. The van der Waals surface area contributed by atoms with Crippen LogP contribution in [0, 0.1) is 0 Å². The molecule has 11 heavy (non-hydrogen) atoms. The molecule has 3 heteroatoms. The van der Waals surface area contributed by atoms with Crippen LogP contribution in [-0.2, 0) is 9.53 Å². The minimum Gasteiger partial charge on any atom is -0.512 e. The first-order valence-corrected chi connectivity index (χ1v) is 3.42. The first-order valence-electron chi connectivity index (χ1n) is 3.42. The van der Waals surface area contributed by atoms with Gasteiger partial charge in [0.25, 0.3) is 0 Å². The third kappa shape index (κ3) is 1.83. The van der Waals surface area contributed by atoms with Gasteiger partial charge in [0.05, 0.1) is 18.4 Å². The van der Waals surface area contributed by atoms with Gasteiger partial charge in [-0.15, -0.1) is 0 Å². The van der Waals surface area contributed by atoms with Gasteiger partial charge in [0.1, 0.15) is 0 Å². The van der Waals surface area contributed by atoms with E-state index in [1.54, 1.807) is 6.08 Å². The maximum Gasteiger partial charge on any atom is 0.337 e. The number of rotatable bonds is 1. The standard InChI is InChI=1S/C8H10O3/c1-11-8(10)6-3-2-4-7(9)5-6/h3,5,9H,2,4H2,1H3. The lowest BCUT2D eigenvalue weighted by atomic mass is 10.1. The molecule has 60 valence electrons. The van der Waals surface area contributed by atoms with Gasteiger partial charge in [-0.1, -0.05) is 6.08 Å². The van der Waals surface area contributed by atoms with Crippen molar-refractivity contribution in [3.8, 4) is 0 Å². The number of carbonyl (C=O) groups excluding carboxylic acids is 1. The molecule has 0 amide bonds. The van der Waals surface area contributed by atoms with Crippen molar-refractivity contribution in [3.63, 3.8) is 0 Å². The molecule has 0 bridgehead atoms. The van der Waals surface area contributed by atoms with Gasteiger partial charge in [0.2, 0.25) is 0 Å². The second-order valence-electron chi connectivity index (χ2n) is 2.33. The number of aliphatic hydroxyl groups is 1. The normalized spacial score (nSPS) is 16.8. The lowest BCUT2D eigenvalue weighted by molar-refractivity contribution is -0.135. The van der Waals surface area contributed by atoms with Crippen molar-refractivity contribution in [1.29, 1.82) is 0 Å². The van der Waals surface area contributed by atoms with Gasteiger partial charge in [-0.2, -0.15) is 0 Å². The molecule has 0 saturated carbocycles. The topological polar surface area (TPSA) is 46.5 Å². The SMILES string of the molecule is COC(=O)C1=CCCC(O)=C1. The number of hydrogen-bond donors (Lipinski definition) is 1. The molecule has 0 fully saturated rings. The molecule has 0 aliphatic heterocycles. The summed E-state index contributed by atoms with van der Waals surface area (Å²) in [5, 5.41) is 9.04. The molecule has 0 radical (unpaired) electrons. The van der Waals surface area contributed by atoms with Crippen molar-refractivity contribution in [3.05, 3.63) is 23.5 Å². The Morgan fingerprint density at radius 3 is 3.00 bits per heavy atom. The molecule has 0 spiro atoms. The Balaban J connectivity index is 2.73. The van der Waals surface area contributed by atoms with Gasteiger partial charge in [-0.25, -0.2) is 4.79 Å². The summed E-state index contributed by atoms with van der Waals surface area (Å²) in [5.74, 6) is -0.149. The van der Waals surface area contributed by atoms with E-state index in [0.717, 1.165) is 0 Å². The summed E-state index contributed by atoms with van der Waals surface area (Å²) in [5.41, 5.74) is 0.441.